The number of amides is 1. The van der Waals surface area contributed by atoms with Crippen LogP contribution in [0.5, 0.6) is 0 Å². The van der Waals surface area contributed by atoms with E-state index in [0.717, 1.165) is 75.5 Å². The molecule has 0 saturated carbocycles. The van der Waals surface area contributed by atoms with Crippen molar-refractivity contribution >= 4 is 81.4 Å². The molecule has 0 aliphatic carbocycles. The van der Waals surface area contributed by atoms with Gasteiger partial charge in [-0.05, 0) is 149 Å². The van der Waals surface area contributed by atoms with Gasteiger partial charge in [-0.25, -0.2) is 4.39 Å². The highest BCUT2D eigenvalue weighted by molar-refractivity contribution is 14.1. The monoisotopic (exact) mass is 1650 g/mol. The number of nitrogens with zero attached hydrogens (tertiary/aromatic N) is 1. The van der Waals surface area contributed by atoms with E-state index in [0.29, 0.717) is 17.4 Å². The molecule has 4 rings (SSSR count). The molecular weight excluding hydrogens is 1490 g/mol. The van der Waals surface area contributed by atoms with Crippen molar-refractivity contribution in [3.05, 3.63) is 126 Å². The molecule has 0 radical (unpaired) electrons. The lowest BCUT2D eigenvalue weighted by atomic mass is 9.88. The van der Waals surface area contributed by atoms with Crippen LogP contribution in [0.25, 0.3) is 0 Å². The predicted molar refractivity (Wildman–Crippen MR) is 491 cm³/mol. The lowest BCUT2D eigenvalue weighted by Crippen LogP contribution is -2.33. The van der Waals surface area contributed by atoms with E-state index in [9.17, 15) is 14.0 Å². The molecule has 1 N–H and O–H groups in total. The highest BCUT2D eigenvalue weighted by Crippen LogP contribution is 2.43. The number of carbonyl (C=O) groups is 2. The van der Waals surface area contributed by atoms with Crippen molar-refractivity contribution in [1.29, 1.82) is 0 Å². The third-order valence-corrected chi connectivity index (χ3v) is 26.2. The standard InChI is InChI=1S/C53H98N2O2S.C32H56S2.C6H4FI.C5H8S/c1-7-12-16-20-24-26-27-29-31-35-41-50(40-34-30-28-25-21-17-13-8-2)42-38-44-52(58-11-5)49(6)53(57)55(46-37-33-23-19-15-10-4)51(43-39-47-56)48-54-45-36-32-22-18-14-9-3;1-3-5-7-9-11-13-14-16-18-20-23-29(22-19-17-15-12-10-8-6-4-2)28-30-25-27-34-32(30)31-24-21-26-33-31;7-5-1-3-6(8)4-2-5;1-5-3-2-4-6-5/h39,43-44,47-48,50,54H,6-38,40-42,45-46H2,1-5H3;21,25-27,29,31H,3-20,22-24,28H2,1-2H3;1-4H;2,4-5H,3H2,1H3/b43-39-,51-48+,52-44-;;;. The number of thioether (sulfide) groups is 3. The lowest BCUT2D eigenvalue weighted by Gasteiger charge is -2.26. The Morgan fingerprint density at radius 2 is 0.962 bits per heavy atom. The predicted octanol–water partition coefficient (Wildman–Crippen LogP) is 34.0. The Morgan fingerprint density at radius 3 is 1.35 bits per heavy atom. The molecule has 3 heterocycles. The van der Waals surface area contributed by atoms with Gasteiger partial charge >= 0.3 is 0 Å². The number of nitrogens with one attached hydrogen (secondary N) is 1. The van der Waals surface area contributed by atoms with Crippen molar-refractivity contribution in [3.8, 4) is 0 Å². The fraction of sp³-hybridized carbons (Fsp3) is 0.750. The molecule has 1 amide bonds. The van der Waals surface area contributed by atoms with Crippen molar-refractivity contribution in [2.24, 2.45) is 11.8 Å². The zero-order valence-corrected chi connectivity index (χ0v) is 75.7. The number of hydrogen-bond donors (Lipinski definition) is 1. The van der Waals surface area contributed by atoms with Gasteiger partial charge in [-0.15, -0.1) is 46.6 Å². The molecule has 2 aromatic rings. The van der Waals surface area contributed by atoms with Crippen molar-refractivity contribution < 1.29 is 14.0 Å². The summed E-state index contributed by atoms with van der Waals surface area (Å²) in [5, 5.41) is 11.9. The van der Waals surface area contributed by atoms with E-state index in [-0.39, 0.29) is 11.7 Å². The van der Waals surface area contributed by atoms with Gasteiger partial charge in [0.2, 0.25) is 0 Å². The van der Waals surface area contributed by atoms with Gasteiger partial charge in [-0.2, -0.15) is 0 Å². The summed E-state index contributed by atoms with van der Waals surface area (Å²) in [7, 11) is 0. The first-order chi connectivity index (χ1) is 52.0. The molecule has 0 fully saturated rings. The second-order valence-corrected chi connectivity index (χ2v) is 37.0. The van der Waals surface area contributed by atoms with E-state index in [2.05, 4.69) is 130 Å². The maximum Gasteiger partial charge on any atom is 0.258 e. The van der Waals surface area contributed by atoms with Crippen LogP contribution >= 0.6 is 69.2 Å². The van der Waals surface area contributed by atoms with Crippen LogP contribution < -0.4 is 5.32 Å². The number of hydrogen-bond acceptors (Lipinski definition) is 7. The fourth-order valence-electron chi connectivity index (χ4n) is 14.4. The number of allylic oxidation sites excluding steroid dienone is 5. The molecule has 1 aromatic carbocycles. The molecule has 1 aromatic heterocycles. The minimum atomic E-state index is -0.176. The first-order valence-electron chi connectivity index (χ1n) is 45.0. The normalized spacial score (nSPS) is 14.7. The Bertz CT molecular complexity index is 2400. The topological polar surface area (TPSA) is 49.4 Å². The molecule has 0 spiro atoms. The van der Waals surface area contributed by atoms with Crippen molar-refractivity contribution in [1.82, 2.24) is 10.2 Å². The Morgan fingerprint density at radius 1 is 0.547 bits per heavy atom. The molecule has 106 heavy (non-hydrogen) atoms. The van der Waals surface area contributed by atoms with Crippen molar-refractivity contribution in [2.45, 2.75) is 432 Å². The van der Waals surface area contributed by atoms with Gasteiger partial charge in [0, 0.05) is 48.7 Å². The highest BCUT2D eigenvalue weighted by Gasteiger charge is 2.24. The highest BCUT2D eigenvalue weighted by atomic mass is 127. The number of aldehydes is 1. The number of rotatable bonds is 68. The number of carbonyl (C=O) groups excluding carboxylic acids is 2. The summed E-state index contributed by atoms with van der Waals surface area (Å²) in [6.45, 7) is 24.1. The van der Waals surface area contributed by atoms with Crippen LogP contribution in [0.15, 0.2) is 106 Å². The van der Waals surface area contributed by atoms with E-state index >= 15 is 0 Å². The van der Waals surface area contributed by atoms with Crippen LogP contribution in [0.2, 0.25) is 0 Å². The minimum absolute atomic E-state index is 0.0372. The summed E-state index contributed by atoms with van der Waals surface area (Å²) in [6, 6.07) is 8.81. The lowest BCUT2D eigenvalue weighted by molar-refractivity contribution is -0.125. The third-order valence-electron chi connectivity index (χ3n) is 21.1. The van der Waals surface area contributed by atoms with Crippen LogP contribution in [0.3, 0.4) is 0 Å². The van der Waals surface area contributed by atoms with Crippen molar-refractivity contribution in [2.75, 3.05) is 18.8 Å². The van der Waals surface area contributed by atoms with Gasteiger partial charge in [0.15, 0.2) is 0 Å². The molecule has 0 saturated heterocycles. The smallest absolute Gasteiger partial charge is 0.258 e. The van der Waals surface area contributed by atoms with E-state index in [1.54, 1.807) is 40.4 Å². The Labute approximate surface area is 688 Å². The average Bonchev–Trinajstić information content (AvgIpc) is 1.52. The van der Waals surface area contributed by atoms with Crippen LogP contribution in [0.4, 0.5) is 4.39 Å². The zero-order chi connectivity index (χ0) is 77.1. The maximum atomic E-state index is 14.4. The molecule has 0 bridgehead atoms. The summed E-state index contributed by atoms with van der Waals surface area (Å²) in [5.74, 6) is 2.35. The van der Waals surface area contributed by atoms with Crippen LogP contribution in [-0.2, 0) is 16.0 Å². The van der Waals surface area contributed by atoms with Gasteiger partial charge in [-0.3, -0.25) is 9.59 Å². The van der Waals surface area contributed by atoms with Gasteiger partial charge in [-0.1, -0.05) is 401 Å². The summed E-state index contributed by atoms with van der Waals surface area (Å²) < 4.78 is 13.1. The van der Waals surface area contributed by atoms with E-state index < -0.39 is 0 Å². The van der Waals surface area contributed by atoms with E-state index in [1.165, 1.54) is 359 Å². The van der Waals surface area contributed by atoms with Crippen LogP contribution in [-0.4, -0.2) is 41.2 Å². The summed E-state index contributed by atoms with van der Waals surface area (Å²) in [4.78, 5) is 30.6. The van der Waals surface area contributed by atoms with Crippen molar-refractivity contribution in [3.63, 3.8) is 0 Å². The average molecular weight is 1650 g/mol. The number of halogens is 2. The Kier molecular flexibility index (Phi) is 75.4. The largest absolute Gasteiger partial charge is 0.389 e. The summed E-state index contributed by atoms with van der Waals surface area (Å²) in [6.07, 6.45) is 89.9. The molecule has 2 aliphatic heterocycles. The quantitative estimate of drug-likeness (QED) is 0.0234. The second kappa shape index (κ2) is 78.3. The maximum absolute atomic E-state index is 14.4. The number of benzene rings is 1. The third kappa shape index (κ3) is 60.6. The van der Waals surface area contributed by atoms with Gasteiger partial charge in [0.1, 0.15) is 12.1 Å². The molecular formula is C96H166FIN2O2S4. The summed E-state index contributed by atoms with van der Waals surface area (Å²) in [5.41, 5.74) is 3.02. The molecule has 610 valence electrons. The summed E-state index contributed by atoms with van der Waals surface area (Å²) >= 11 is 9.85. The van der Waals surface area contributed by atoms with Crippen LogP contribution in [0, 0.1) is 21.2 Å². The Hall–Kier alpha value is -1.99. The minimum Gasteiger partial charge on any atom is -0.389 e. The van der Waals surface area contributed by atoms with Gasteiger partial charge < -0.3 is 10.2 Å². The molecule has 4 nitrogen and oxygen atoms in total. The molecule has 2 aliphatic rings. The molecule has 4 unspecified atom stereocenters. The SMILES string of the molecule is C=C(C(=O)N(CCCCCCCC)C(/C=C\C=O)=C/NCCCCCCCC)/C(=C/CCC(CCCCCCCCCC)CCCCCCCCCCCC)SCC.CC1CC=CS1.CCCCCCCCCCCCC(CCCCCCCCCC)Cc1ccsc1C1CC=CS1.Fc1ccc(I)cc1. The second-order valence-electron chi connectivity index (χ2n) is 31.0. The molecule has 4 atom stereocenters. The first kappa shape index (κ1) is 102. The fourth-order valence-corrected chi connectivity index (χ4v) is 18.5. The van der Waals surface area contributed by atoms with Crippen LogP contribution in [0.1, 0.15) is 431 Å². The zero-order valence-electron chi connectivity index (χ0n) is 70.3. The van der Waals surface area contributed by atoms with Gasteiger partial charge in [0.05, 0.1) is 5.70 Å². The van der Waals surface area contributed by atoms with E-state index in [4.69, 9.17) is 0 Å². The number of thiophene rings is 1. The Balaban J connectivity index is 0.000000962. The first-order valence-corrected chi connectivity index (χ1v) is 49.8. The number of unbranched alkanes of at least 4 members (excludes halogenated alkanes) is 42. The van der Waals surface area contributed by atoms with Gasteiger partial charge in [0.25, 0.3) is 5.91 Å². The molecule has 10 heteroatoms. The van der Waals surface area contributed by atoms with E-state index in [1.807, 2.05) is 46.0 Å².